The molecule has 2 aromatic carbocycles. The maximum absolute atomic E-state index is 3.54. The highest BCUT2D eigenvalue weighted by Crippen LogP contribution is 2.30. The second kappa shape index (κ2) is 3.67. The standard InChI is InChI=1S/C15H15N/c1-11-6-7-13-9-8-12-4-2-3-5-14(12)16-15(13)10-11/h2-7,10,16H,8-9H2,1H3. The van der Waals surface area contributed by atoms with Crippen molar-refractivity contribution < 1.29 is 0 Å². The Labute approximate surface area is 96.1 Å². The van der Waals surface area contributed by atoms with Crippen molar-refractivity contribution in [2.45, 2.75) is 19.8 Å². The van der Waals surface area contributed by atoms with Crippen LogP contribution in [0.4, 0.5) is 11.4 Å². The van der Waals surface area contributed by atoms with Crippen LogP contribution in [0.25, 0.3) is 0 Å². The highest BCUT2D eigenvalue weighted by molar-refractivity contribution is 5.68. The molecule has 0 unspecified atom stereocenters. The van der Waals surface area contributed by atoms with Gasteiger partial charge >= 0.3 is 0 Å². The molecule has 1 heterocycles. The van der Waals surface area contributed by atoms with E-state index in [-0.39, 0.29) is 0 Å². The minimum atomic E-state index is 1.12. The third-order valence-corrected chi connectivity index (χ3v) is 3.22. The van der Waals surface area contributed by atoms with E-state index < -0.39 is 0 Å². The van der Waals surface area contributed by atoms with E-state index in [9.17, 15) is 0 Å². The van der Waals surface area contributed by atoms with Gasteiger partial charge in [0.15, 0.2) is 0 Å². The Balaban J connectivity index is 2.10. The summed E-state index contributed by atoms with van der Waals surface area (Å²) in [5.41, 5.74) is 6.67. The SMILES string of the molecule is Cc1ccc2c(c1)Nc1ccccc1CC2. The molecule has 0 bridgehead atoms. The maximum atomic E-state index is 3.54. The van der Waals surface area contributed by atoms with Crippen molar-refractivity contribution in [1.82, 2.24) is 0 Å². The Hall–Kier alpha value is -1.76. The zero-order valence-corrected chi connectivity index (χ0v) is 9.46. The molecule has 1 nitrogen and oxygen atoms in total. The molecule has 0 radical (unpaired) electrons. The molecule has 0 aliphatic carbocycles. The summed E-state index contributed by atoms with van der Waals surface area (Å²) in [5, 5.41) is 3.54. The molecule has 16 heavy (non-hydrogen) atoms. The Morgan fingerprint density at radius 1 is 0.875 bits per heavy atom. The third kappa shape index (κ3) is 1.58. The Bertz CT molecular complexity index is 529. The van der Waals surface area contributed by atoms with Crippen LogP contribution in [-0.2, 0) is 12.8 Å². The van der Waals surface area contributed by atoms with Gasteiger partial charge < -0.3 is 5.32 Å². The first-order valence-corrected chi connectivity index (χ1v) is 5.77. The van der Waals surface area contributed by atoms with E-state index in [0.29, 0.717) is 0 Å². The van der Waals surface area contributed by atoms with E-state index in [1.807, 2.05) is 0 Å². The molecule has 0 saturated carbocycles. The lowest BCUT2D eigenvalue weighted by Gasteiger charge is -2.10. The first kappa shape index (κ1) is 9.46. The number of hydrogen-bond donors (Lipinski definition) is 1. The summed E-state index contributed by atoms with van der Waals surface area (Å²) in [7, 11) is 0. The lowest BCUT2D eigenvalue weighted by atomic mass is 10.0. The molecule has 3 rings (SSSR count). The molecule has 0 saturated heterocycles. The monoisotopic (exact) mass is 209 g/mol. The van der Waals surface area contributed by atoms with Gasteiger partial charge in [0, 0.05) is 11.4 Å². The molecule has 1 aliphatic heterocycles. The van der Waals surface area contributed by atoms with Crippen LogP contribution in [0, 0.1) is 6.92 Å². The van der Waals surface area contributed by atoms with Crippen LogP contribution >= 0.6 is 0 Å². The Morgan fingerprint density at radius 3 is 2.50 bits per heavy atom. The van der Waals surface area contributed by atoms with Crippen LogP contribution in [-0.4, -0.2) is 0 Å². The summed E-state index contributed by atoms with van der Waals surface area (Å²) >= 11 is 0. The van der Waals surface area contributed by atoms with Crippen molar-refractivity contribution in [3.05, 3.63) is 59.2 Å². The predicted molar refractivity (Wildman–Crippen MR) is 68.3 cm³/mol. The van der Waals surface area contributed by atoms with Crippen molar-refractivity contribution in [2.24, 2.45) is 0 Å². The highest BCUT2D eigenvalue weighted by atomic mass is 14.9. The first-order chi connectivity index (χ1) is 7.83. The molecule has 2 aromatic rings. The van der Waals surface area contributed by atoms with Crippen molar-refractivity contribution in [3.8, 4) is 0 Å². The predicted octanol–water partition coefficient (Wildman–Crippen LogP) is 3.84. The van der Waals surface area contributed by atoms with E-state index in [4.69, 9.17) is 0 Å². The largest absolute Gasteiger partial charge is 0.355 e. The summed E-state index contributed by atoms with van der Waals surface area (Å²) in [5.74, 6) is 0. The van der Waals surface area contributed by atoms with Crippen LogP contribution in [0.5, 0.6) is 0 Å². The summed E-state index contributed by atoms with van der Waals surface area (Å²) in [6.45, 7) is 2.14. The average Bonchev–Trinajstić information content (AvgIpc) is 2.47. The second-order valence-corrected chi connectivity index (χ2v) is 4.44. The number of fused-ring (bicyclic) bond motifs is 2. The van der Waals surface area contributed by atoms with E-state index in [1.54, 1.807) is 0 Å². The number of hydrogen-bond acceptors (Lipinski definition) is 1. The van der Waals surface area contributed by atoms with Gasteiger partial charge in [-0.15, -0.1) is 0 Å². The zero-order chi connectivity index (χ0) is 11.0. The molecule has 0 amide bonds. The van der Waals surface area contributed by atoms with Gasteiger partial charge in [0.05, 0.1) is 0 Å². The average molecular weight is 209 g/mol. The molecular formula is C15H15N. The number of benzene rings is 2. The molecule has 0 spiro atoms. The van der Waals surface area contributed by atoms with E-state index >= 15 is 0 Å². The van der Waals surface area contributed by atoms with Gasteiger partial charge in [-0.1, -0.05) is 30.3 Å². The minimum absolute atomic E-state index is 1.12. The van der Waals surface area contributed by atoms with Crippen molar-refractivity contribution in [2.75, 3.05) is 5.32 Å². The topological polar surface area (TPSA) is 12.0 Å². The minimum Gasteiger partial charge on any atom is -0.355 e. The molecular weight excluding hydrogens is 194 g/mol. The van der Waals surface area contributed by atoms with Gasteiger partial charge in [-0.3, -0.25) is 0 Å². The molecule has 0 fully saturated rings. The number of aryl methyl sites for hydroxylation is 3. The lowest BCUT2D eigenvalue weighted by Crippen LogP contribution is -1.93. The van der Waals surface area contributed by atoms with Crippen LogP contribution < -0.4 is 5.32 Å². The van der Waals surface area contributed by atoms with Crippen molar-refractivity contribution in [3.63, 3.8) is 0 Å². The van der Waals surface area contributed by atoms with Gasteiger partial charge in [0.25, 0.3) is 0 Å². The fourth-order valence-electron chi connectivity index (χ4n) is 2.30. The Kier molecular flexibility index (Phi) is 2.17. The van der Waals surface area contributed by atoms with Crippen LogP contribution in [0.15, 0.2) is 42.5 Å². The van der Waals surface area contributed by atoms with Gasteiger partial charge in [-0.25, -0.2) is 0 Å². The third-order valence-electron chi connectivity index (χ3n) is 3.22. The quantitative estimate of drug-likeness (QED) is 0.695. The fourth-order valence-corrected chi connectivity index (χ4v) is 2.30. The van der Waals surface area contributed by atoms with Crippen LogP contribution in [0.1, 0.15) is 16.7 Å². The van der Waals surface area contributed by atoms with E-state index in [2.05, 4.69) is 54.7 Å². The number of para-hydroxylation sites is 1. The van der Waals surface area contributed by atoms with Gasteiger partial charge in [-0.2, -0.15) is 0 Å². The molecule has 1 heteroatoms. The molecule has 0 atom stereocenters. The lowest BCUT2D eigenvalue weighted by molar-refractivity contribution is 0.977. The van der Waals surface area contributed by atoms with E-state index in [1.165, 1.54) is 28.1 Å². The number of anilines is 2. The highest BCUT2D eigenvalue weighted by Gasteiger charge is 2.11. The number of rotatable bonds is 0. The van der Waals surface area contributed by atoms with Crippen molar-refractivity contribution >= 4 is 11.4 Å². The fraction of sp³-hybridized carbons (Fsp3) is 0.200. The van der Waals surface area contributed by atoms with E-state index in [0.717, 1.165) is 12.8 Å². The summed E-state index contributed by atoms with van der Waals surface area (Å²) in [6.07, 6.45) is 2.25. The van der Waals surface area contributed by atoms with Crippen LogP contribution in [0.2, 0.25) is 0 Å². The smallest absolute Gasteiger partial charge is 0.0419 e. The van der Waals surface area contributed by atoms with Gasteiger partial charge in [-0.05, 0) is 48.6 Å². The van der Waals surface area contributed by atoms with Crippen LogP contribution in [0.3, 0.4) is 0 Å². The second-order valence-electron chi connectivity index (χ2n) is 4.44. The first-order valence-electron chi connectivity index (χ1n) is 5.77. The summed E-state index contributed by atoms with van der Waals surface area (Å²) < 4.78 is 0. The van der Waals surface area contributed by atoms with Gasteiger partial charge in [0.1, 0.15) is 0 Å². The molecule has 1 aliphatic rings. The summed E-state index contributed by atoms with van der Waals surface area (Å²) in [4.78, 5) is 0. The molecule has 80 valence electrons. The molecule has 0 aromatic heterocycles. The Morgan fingerprint density at radius 2 is 1.62 bits per heavy atom. The zero-order valence-electron chi connectivity index (χ0n) is 9.46. The number of nitrogens with one attached hydrogen (secondary N) is 1. The maximum Gasteiger partial charge on any atom is 0.0419 e. The summed E-state index contributed by atoms with van der Waals surface area (Å²) in [6, 6.07) is 15.2. The van der Waals surface area contributed by atoms with Gasteiger partial charge in [0.2, 0.25) is 0 Å². The normalized spacial score (nSPS) is 13.3. The van der Waals surface area contributed by atoms with Crippen molar-refractivity contribution in [1.29, 1.82) is 0 Å². The molecule has 1 N–H and O–H groups in total.